The van der Waals surface area contributed by atoms with E-state index in [-0.39, 0.29) is 30.3 Å². The number of fused-ring (bicyclic) bond motifs is 1. The number of Topliss-reactive ketones (excluding diaryl/α,β-unsaturated/α-hetero) is 2. The number of ketones is 2. The van der Waals surface area contributed by atoms with Crippen LogP contribution >= 0.6 is 0 Å². The number of phenolic OH excluding ortho intramolecular Hbond substituents is 2. The zero-order valence-corrected chi connectivity index (χ0v) is 16.4. The Balaban J connectivity index is 0.00000155. The molecular weight excluding hydrogens is 405 g/mol. The largest absolute Gasteiger partial charge is 0.507 e. The summed E-state index contributed by atoms with van der Waals surface area (Å²) in [5, 5.41) is 20.2. The van der Waals surface area contributed by atoms with E-state index in [4.69, 9.17) is 9.47 Å². The minimum absolute atomic E-state index is 0.0813. The van der Waals surface area contributed by atoms with E-state index in [2.05, 4.69) is 0 Å². The van der Waals surface area contributed by atoms with Crippen LogP contribution in [0.2, 0.25) is 0 Å². The molecule has 1 aliphatic rings. The number of phenols is 2. The molecule has 9 heteroatoms. The maximum absolute atomic E-state index is 12.8. The number of carbonyl (C=O) groups excluding carboxylic acids is 2. The molecule has 0 saturated heterocycles. The lowest BCUT2D eigenvalue weighted by Crippen LogP contribution is -2.16. The van der Waals surface area contributed by atoms with Crippen LogP contribution in [0.3, 0.4) is 0 Å². The minimum atomic E-state index is -4.59. The van der Waals surface area contributed by atoms with Crippen LogP contribution < -0.4 is 9.47 Å². The standard InChI is InChI=1S/C19H15F3O6.C2H6/c20-19(21,22)11-3-1-2-10(8-11)12(23)4-5-13(24)16-14(25)9-15-18(17(16)26)28-7-6-27-15;1-2/h1-3,8-9,25-26H,4-7H2;1-2H3. The fourth-order valence-electron chi connectivity index (χ4n) is 2.80. The van der Waals surface area contributed by atoms with Crippen molar-refractivity contribution in [2.24, 2.45) is 0 Å². The highest BCUT2D eigenvalue weighted by Crippen LogP contribution is 2.46. The van der Waals surface area contributed by atoms with E-state index in [0.29, 0.717) is 6.07 Å². The van der Waals surface area contributed by atoms with E-state index in [1.54, 1.807) is 0 Å². The highest BCUT2D eigenvalue weighted by molar-refractivity contribution is 6.05. The van der Waals surface area contributed by atoms with Gasteiger partial charge >= 0.3 is 6.18 Å². The second-order valence-corrected chi connectivity index (χ2v) is 6.07. The summed E-state index contributed by atoms with van der Waals surface area (Å²) < 4.78 is 48.7. The molecule has 0 aliphatic carbocycles. The molecule has 0 aromatic heterocycles. The molecule has 2 aromatic carbocycles. The van der Waals surface area contributed by atoms with Gasteiger partial charge in [-0.1, -0.05) is 26.0 Å². The number of rotatable bonds is 5. The van der Waals surface area contributed by atoms with Gasteiger partial charge in [-0.15, -0.1) is 0 Å². The first-order valence-electron chi connectivity index (χ1n) is 9.26. The maximum atomic E-state index is 12.8. The van der Waals surface area contributed by atoms with Crippen LogP contribution in [0, 0.1) is 0 Å². The SMILES string of the molecule is CC.O=C(CCC(=O)c1c(O)cc2c(c1O)OCCO2)c1cccc(C(F)(F)F)c1. The Labute approximate surface area is 170 Å². The van der Waals surface area contributed by atoms with Crippen molar-refractivity contribution in [2.45, 2.75) is 32.9 Å². The Hall–Kier alpha value is -3.23. The van der Waals surface area contributed by atoms with Gasteiger partial charge in [0.15, 0.2) is 23.1 Å². The third kappa shape index (κ3) is 5.03. The summed E-state index contributed by atoms with van der Waals surface area (Å²) in [5.41, 5.74) is -1.58. The summed E-state index contributed by atoms with van der Waals surface area (Å²) in [7, 11) is 0. The number of ether oxygens (including phenoxy) is 2. The number of hydrogen-bond acceptors (Lipinski definition) is 6. The summed E-state index contributed by atoms with van der Waals surface area (Å²) >= 11 is 0. The Bertz CT molecular complexity index is 937. The van der Waals surface area contributed by atoms with Crippen molar-refractivity contribution in [3.63, 3.8) is 0 Å². The topological polar surface area (TPSA) is 93.1 Å². The van der Waals surface area contributed by atoms with Crippen molar-refractivity contribution in [3.8, 4) is 23.0 Å². The van der Waals surface area contributed by atoms with E-state index < -0.39 is 53.2 Å². The van der Waals surface area contributed by atoms with Crippen LogP contribution in [-0.2, 0) is 6.18 Å². The van der Waals surface area contributed by atoms with Gasteiger partial charge < -0.3 is 19.7 Å². The van der Waals surface area contributed by atoms with E-state index in [1.165, 1.54) is 6.07 Å². The van der Waals surface area contributed by atoms with Gasteiger partial charge in [-0.3, -0.25) is 9.59 Å². The lowest BCUT2D eigenvalue weighted by molar-refractivity contribution is -0.137. The summed E-state index contributed by atoms with van der Waals surface area (Å²) in [6.07, 6.45) is -5.40. The highest BCUT2D eigenvalue weighted by atomic mass is 19.4. The molecule has 6 nitrogen and oxygen atoms in total. The van der Waals surface area contributed by atoms with Crippen molar-refractivity contribution in [1.29, 1.82) is 0 Å². The van der Waals surface area contributed by atoms with Crippen molar-refractivity contribution in [1.82, 2.24) is 0 Å². The molecule has 162 valence electrons. The predicted octanol–water partition coefficient (Wildman–Crippen LogP) is 4.76. The van der Waals surface area contributed by atoms with Gasteiger partial charge in [-0.2, -0.15) is 13.2 Å². The van der Waals surface area contributed by atoms with Gasteiger partial charge in [-0.05, 0) is 12.1 Å². The second-order valence-electron chi connectivity index (χ2n) is 6.07. The highest BCUT2D eigenvalue weighted by Gasteiger charge is 2.31. The molecule has 0 fully saturated rings. The predicted molar refractivity (Wildman–Crippen MR) is 101 cm³/mol. The number of alkyl halides is 3. The van der Waals surface area contributed by atoms with Crippen molar-refractivity contribution in [2.75, 3.05) is 13.2 Å². The number of carbonyl (C=O) groups is 2. The van der Waals surface area contributed by atoms with Crippen LogP contribution in [0.25, 0.3) is 0 Å². The Morgan fingerprint density at radius 1 is 1.00 bits per heavy atom. The maximum Gasteiger partial charge on any atom is 0.416 e. The lowest BCUT2D eigenvalue weighted by atomic mass is 9.98. The van der Waals surface area contributed by atoms with Crippen LogP contribution in [0.5, 0.6) is 23.0 Å². The van der Waals surface area contributed by atoms with E-state index in [0.717, 1.165) is 18.2 Å². The molecule has 30 heavy (non-hydrogen) atoms. The quantitative estimate of drug-likeness (QED) is 0.670. The Morgan fingerprint density at radius 3 is 2.30 bits per heavy atom. The van der Waals surface area contributed by atoms with Crippen molar-refractivity contribution >= 4 is 11.6 Å². The van der Waals surface area contributed by atoms with E-state index in [9.17, 15) is 33.0 Å². The molecular formula is C21H21F3O6. The average molecular weight is 426 g/mol. The summed E-state index contributed by atoms with van der Waals surface area (Å²) in [6.45, 7) is 4.36. The Kier molecular flexibility index (Phi) is 7.31. The van der Waals surface area contributed by atoms with Crippen molar-refractivity contribution in [3.05, 3.63) is 47.0 Å². The smallest absolute Gasteiger partial charge is 0.416 e. The van der Waals surface area contributed by atoms with Gasteiger partial charge in [0.05, 0.1) is 5.56 Å². The second kappa shape index (κ2) is 9.51. The van der Waals surface area contributed by atoms with E-state index >= 15 is 0 Å². The molecule has 3 rings (SSSR count). The van der Waals surface area contributed by atoms with Gasteiger partial charge in [0.25, 0.3) is 0 Å². The van der Waals surface area contributed by atoms with Crippen LogP contribution in [0.1, 0.15) is 53.0 Å². The monoisotopic (exact) mass is 426 g/mol. The first kappa shape index (κ1) is 23.1. The minimum Gasteiger partial charge on any atom is -0.507 e. The van der Waals surface area contributed by atoms with Gasteiger partial charge in [0.1, 0.15) is 24.5 Å². The van der Waals surface area contributed by atoms with Gasteiger partial charge in [0.2, 0.25) is 5.75 Å². The van der Waals surface area contributed by atoms with Gasteiger partial charge in [-0.25, -0.2) is 0 Å². The number of halogens is 3. The van der Waals surface area contributed by atoms with Crippen LogP contribution in [0.15, 0.2) is 30.3 Å². The molecule has 0 bridgehead atoms. The zero-order valence-electron chi connectivity index (χ0n) is 16.4. The first-order valence-corrected chi connectivity index (χ1v) is 9.26. The lowest BCUT2D eigenvalue weighted by Gasteiger charge is -2.21. The number of benzene rings is 2. The number of aromatic hydroxyl groups is 2. The third-order valence-electron chi connectivity index (χ3n) is 4.16. The Morgan fingerprint density at radius 2 is 1.63 bits per heavy atom. The first-order chi connectivity index (χ1) is 14.2. The molecule has 2 aromatic rings. The summed E-state index contributed by atoms with van der Waals surface area (Å²) in [4.78, 5) is 24.6. The molecule has 2 N–H and O–H groups in total. The normalized spacial score (nSPS) is 12.6. The summed E-state index contributed by atoms with van der Waals surface area (Å²) in [5.74, 6) is -2.58. The van der Waals surface area contributed by atoms with Crippen LogP contribution in [-0.4, -0.2) is 35.0 Å². The van der Waals surface area contributed by atoms with Crippen molar-refractivity contribution < 1.29 is 42.4 Å². The molecule has 0 amide bonds. The zero-order chi connectivity index (χ0) is 22.5. The molecule has 0 saturated carbocycles. The summed E-state index contributed by atoms with van der Waals surface area (Å²) in [6, 6.07) is 5.01. The molecule has 0 atom stereocenters. The molecule has 1 aliphatic heterocycles. The number of hydrogen-bond donors (Lipinski definition) is 2. The van der Waals surface area contributed by atoms with E-state index in [1.807, 2.05) is 13.8 Å². The van der Waals surface area contributed by atoms with Crippen LogP contribution in [0.4, 0.5) is 13.2 Å². The van der Waals surface area contributed by atoms with Gasteiger partial charge in [0, 0.05) is 24.5 Å². The average Bonchev–Trinajstić information content (AvgIpc) is 2.73. The fourth-order valence-corrected chi connectivity index (χ4v) is 2.80. The molecule has 0 radical (unpaired) electrons. The fraction of sp³-hybridized carbons (Fsp3) is 0.333. The molecule has 0 spiro atoms. The molecule has 1 heterocycles. The third-order valence-corrected chi connectivity index (χ3v) is 4.16. The molecule has 0 unspecified atom stereocenters.